The minimum Gasteiger partial charge on any atom is -0.445 e. The molecule has 4 aromatic rings. The minimum atomic E-state index is -1.41. The summed E-state index contributed by atoms with van der Waals surface area (Å²) < 4.78 is 5.42. The molecule has 1 saturated heterocycles. The van der Waals surface area contributed by atoms with Gasteiger partial charge < -0.3 is 30.9 Å². The van der Waals surface area contributed by atoms with Crippen molar-refractivity contribution in [2.24, 2.45) is 5.92 Å². The number of nitrogens with zero attached hydrogens (tertiary/aromatic N) is 1. The van der Waals surface area contributed by atoms with E-state index in [1.54, 1.807) is 0 Å². The first kappa shape index (κ1) is 37.7. The topological polar surface area (TPSA) is 140 Å². The highest BCUT2D eigenvalue weighted by Gasteiger charge is 2.47. The molecule has 0 unspecified atom stereocenters. The molecule has 0 aromatic heterocycles. The van der Waals surface area contributed by atoms with E-state index in [0.29, 0.717) is 32.2 Å². The van der Waals surface area contributed by atoms with E-state index in [1.807, 2.05) is 134 Å². The summed E-state index contributed by atoms with van der Waals surface area (Å²) in [6, 6.07) is 33.6. The molecule has 6 atom stereocenters. The number of fused-ring (bicyclic) bond motifs is 1. The normalized spacial score (nSPS) is 21.3. The number of benzene rings is 4. The Morgan fingerprint density at radius 1 is 0.792 bits per heavy atom. The first-order valence-corrected chi connectivity index (χ1v) is 18.5. The molecule has 0 spiro atoms. The second-order valence-electron chi connectivity index (χ2n) is 14.7. The second kappa shape index (κ2) is 17.2. The molecule has 0 radical (unpaired) electrons. The number of hydrogen-bond donors (Lipinski definition) is 5. The molecular formula is C43H50N4O6. The predicted octanol–water partition coefficient (Wildman–Crippen LogP) is 4.49. The van der Waals surface area contributed by atoms with Crippen molar-refractivity contribution in [3.63, 3.8) is 0 Å². The lowest BCUT2D eigenvalue weighted by Crippen LogP contribution is -2.60. The summed E-state index contributed by atoms with van der Waals surface area (Å²) in [5.41, 5.74) is 3.23. The van der Waals surface area contributed by atoms with E-state index in [0.717, 1.165) is 27.8 Å². The number of β-amino-alcohol motifs (C(OH)–C–C–N with tert-alkyl or cyclic N) is 1. The van der Waals surface area contributed by atoms with E-state index in [4.69, 9.17) is 4.74 Å². The van der Waals surface area contributed by atoms with E-state index in [-0.39, 0.29) is 25.0 Å². The highest BCUT2D eigenvalue weighted by atomic mass is 16.5. The summed E-state index contributed by atoms with van der Waals surface area (Å²) in [6.45, 7) is 4.27. The maximum absolute atomic E-state index is 14.2. The van der Waals surface area contributed by atoms with E-state index in [2.05, 4.69) is 16.0 Å². The molecule has 10 nitrogen and oxygen atoms in total. The second-order valence-corrected chi connectivity index (χ2v) is 14.7. The summed E-state index contributed by atoms with van der Waals surface area (Å²) >= 11 is 0. The molecule has 3 amide bonds. The number of alkyl carbamates (subject to hydrolysis) is 1. The summed E-state index contributed by atoms with van der Waals surface area (Å²) in [5, 5.41) is 32.4. The number of aliphatic hydroxyl groups is 2. The number of rotatable bonds is 14. The van der Waals surface area contributed by atoms with Crippen LogP contribution in [-0.2, 0) is 40.2 Å². The van der Waals surface area contributed by atoms with E-state index in [9.17, 15) is 24.6 Å². The number of carbonyl (C=O) groups excluding carboxylic acids is 3. The zero-order valence-corrected chi connectivity index (χ0v) is 30.4. The van der Waals surface area contributed by atoms with Crippen LogP contribution in [0.2, 0.25) is 0 Å². The van der Waals surface area contributed by atoms with Crippen LogP contribution in [0.4, 0.5) is 4.79 Å². The molecule has 1 heterocycles. The van der Waals surface area contributed by atoms with Crippen LogP contribution in [0.3, 0.4) is 0 Å². The summed E-state index contributed by atoms with van der Waals surface area (Å²) in [7, 11) is 0. The molecule has 6 rings (SSSR count). The molecule has 278 valence electrons. The zero-order chi connectivity index (χ0) is 37.4. The number of nitrogens with one attached hydrogen (secondary N) is 3. The molecule has 5 N–H and O–H groups in total. The molecule has 53 heavy (non-hydrogen) atoms. The van der Waals surface area contributed by atoms with Crippen LogP contribution in [0.25, 0.3) is 0 Å². The van der Waals surface area contributed by atoms with Gasteiger partial charge in [-0.2, -0.15) is 0 Å². The first-order valence-electron chi connectivity index (χ1n) is 18.5. The number of hydrogen-bond acceptors (Lipinski definition) is 7. The van der Waals surface area contributed by atoms with Crippen molar-refractivity contribution in [1.29, 1.82) is 0 Å². The lowest BCUT2D eigenvalue weighted by molar-refractivity contribution is -0.129. The third kappa shape index (κ3) is 9.50. The average molecular weight is 719 g/mol. The van der Waals surface area contributed by atoms with Gasteiger partial charge in [0.25, 0.3) is 0 Å². The molecule has 2 aliphatic rings. The molecule has 1 aliphatic carbocycles. The fourth-order valence-electron chi connectivity index (χ4n) is 7.53. The molecule has 1 aliphatic heterocycles. The lowest BCUT2D eigenvalue weighted by atomic mass is 9.87. The van der Waals surface area contributed by atoms with E-state index < -0.39 is 47.9 Å². The van der Waals surface area contributed by atoms with Crippen LogP contribution in [0.1, 0.15) is 54.1 Å². The minimum absolute atomic E-state index is 0.0648. The molecular weight excluding hydrogens is 668 g/mol. The van der Waals surface area contributed by atoms with Gasteiger partial charge in [-0.05, 0) is 53.0 Å². The number of ether oxygens (including phenoxy) is 1. The molecule has 0 saturated carbocycles. The fourth-order valence-corrected chi connectivity index (χ4v) is 7.53. The van der Waals surface area contributed by atoms with E-state index in [1.165, 1.54) is 0 Å². The maximum atomic E-state index is 14.2. The van der Waals surface area contributed by atoms with Crippen molar-refractivity contribution in [1.82, 2.24) is 20.9 Å². The average Bonchev–Trinajstić information content (AvgIpc) is 3.72. The van der Waals surface area contributed by atoms with Crippen molar-refractivity contribution in [3.8, 4) is 0 Å². The SMILES string of the molecule is CC(C)[C@H](NC(=O)OCc1ccccc1)C(=O)N[C@@H](Cc1ccccc1)[C@]1(O)CCN([C@@H](Cc2ccccc2)C(=O)N[C@H]2c3ccccc3C[C@H]2O)C1. The van der Waals surface area contributed by atoms with Crippen LogP contribution in [-0.4, -0.2) is 75.9 Å². The largest absolute Gasteiger partial charge is 0.445 e. The van der Waals surface area contributed by atoms with E-state index >= 15 is 0 Å². The van der Waals surface area contributed by atoms with Gasteiger partial charge in [-0.1, -0.05) is 129 Å². The van der Waals surface area contributed by atoms with Crippen LogP contribution in [0.15, 0.2) is 115 Å². The van der Waals surface area contributed by atoms with Gasteiger partial charge in [-0.25, -0.2) is 4.79 Å². The van der Waals surface area contributed by atoms with Gasteiger partial charge in [0.15, 0.2) is 0 Å². The number of aliphatic hydroxyl groups excluding tert-OH is 1. The Bertz CT molecular complexity index is 1820. The summed E-state index contributed by atoms with van der Waals surface area (Å²) in [4.78, 5) is 43.1. The van der Waals surface area contributed by atoms with Crippen molar-refractivity contribution >= 4 is 17.9 Å². The number of amides is 3. The molecule has 10 heteroatoms. The van der Waals surface area contributed by atoms with Gasteiger partial charge >= 0.3 is 6.09 Å². The Balaban J connectivity index is 1.20. The van der Waals surface area contributed by atoms with Crippen LogP contribution < -0.4 is 16.0 Å². The monoisotopic (exact) mass is 718 g/mol. The summed E-state index contributed by atoms with van der Waals surface area (Å²) in [6.07, 6.45) is 0.0440. The quantitative estimate of drug-likeness (QED) is 0.130. The predicted molar refractivity (Wildman–Crippen MR) is 203 cm³/mol. The fraction of sp³-hybridized carbons (Fsp3) is 0.372. The number of carbonyl (C=O) groups is 3. The third-order valence-corrected chi connectivity index (χ3v) is 10.5. The first-order chi connectivity index (χ1) is 25.6. The van der Waals surface area contributed by atoms with Gasteiger partial charge in [0.05, 0.1) is 29.8 Å². The van der Waals surface area contributed by atoms with Crippen molar-refractivity contribution in [2.45, 2.75) is 82.0 Å². The van der Waals surface area contributed by atoms with Gasteiger partial charge in [-0.15, -0.1) is 0 Å². The highest BCUT2D eigenvalue weighted by Crippen LogP contribution is 2.33. The summed E-state index contributed by atoms with van der Waals surface area (Å²) in [5.74, 6) is -0.945. The zero-order valence-electron chi connectivity index (χ0n) is 30.4. The maximum Gasteiger partial charge on any atom is 0.408 e. The van der Waals surface area contributed by atoms with Gasteiger partial charge in [0, 0.05) is 19.5 Å². The lowest BCUT2D eigenvalue weighted by Gasteiger charge is -2.36. The Kier molecular flexibility index (Phi) is 12.2. The molecule has 4 aromatic carbocycles. The van der Waals surface area contributed by atoms with Crippen LogP contribution in [0, 0.1) is 5.92 Å². The smallest absolute Gasteiger partial charge is 0.408 e. The Hall–Kier alpha value is -5.03. The Morgan fingerprint density at radius 3 is 2.02 bits per heavy atom. The van der Waals surface area contributed by atoms with Gasteiger partial charge in [-0.3, -0.25) is 14.5 Å². The number of likely N-dealkylation sites (tertiary alicyclic amines) is 1. The highest BCUT2D eigenvalue weighted by molar-refractivity contribution is 5.86. The van der Waals surface area contributed by atoms with Gasteiger partial charge in [0.2, 0.25) is 11.8 Å². The van der Waals surface area contributed by atoms with Crippen LogP contribution >= 0.6 is 0 Å². The third-order valence-electron chi connectivity index (χ3n) is 10.5. The standard InChI is InChI=1S/C43H50N4O6/c1-29(2)38(46-42(51)53-27-32-18-10-5-11-19-32)41(50)44-37(25-31-16-8-4-9-17-31)43(52)22-23-47(28-43)35(24-30-14-6-3-7-15-30)40(49)45-39-34-21-13-12-20-33(34)26-36(39)48/h3-21,29,35-39,48,52H,22-28H2,1-2H3,(H,44,50)(H,45,49)(H,46,51)/t35-,36+,37-,38-,39-,43-/m0/s1. The Labute approximate surface area is 311 Å². The Morgan fingerprint density at radius 2 is 1.38 bits per heavy atom. The molecule has 1 fully saturated rings. The van der Waals surface area contributed by atoms with Crippen molar-refractivity contribution < 1.29 is 29.3 Å². The van der Waals surface area contributed by atoms with Crippen molar-refractivity contribution in [2.75, 3.05) is 13.1 Å². The van der Waals surface area contributed by atoms with Gasteiger partial charge in [0.1, 0.15) is 12.6 Å². The van der Waals surface area contributed by atoms with Crippen LogP contribution in [0.5, 0.6) is 0 Å². The van der Waals surface area contributed by atoms with Crippen molar-refractivity contribution in [3.05, 3.63) is 143 Å². The molecule has 0 bridgehead atoms.